The molecule has 0 bridgehead atoms. The average Bonchev–Trinajstić information content (AvgIpc) is 2.53. The van der Waals surface area contributed by atoms with Crippen LogP contribution in [0.4, 0.5) is 5.69 Å². The lowest BCUT2D eigenvalue weighted by atomic mass is 10.2. The minimum absolute atomic E-state index is 0.114. The molecule has 0 fully saturated rings. The molecule has 0 saturated carbocycles. The van der Waals surface area contributed by atoms with Crippen molar-refractivity contribution in [3.8, 4) is 11.5 Å². The molecule has 7 heteroatoms. The van der Waals surface area contributed by atoms with Crippen LogP contribution in [0.5, 0.6) is 11.5 Å². The Morgan fingerprint density at radius 1 is 1.17 bits per heavy atom. The van der Waals surface area contributed by atoms with Crippen molar-refractivity contribution >= 4 is 29.1 Å². The van der Waals surface area contributed by atoms with Gasteiger partial charge in [0.05, 0.1) is 18.4 Å². The number of hydrogen-bond acceptors (Lipinski definition) is 4. The lowest BCUT2D eigenvalue weighted by molar-refractivity contribution is -0.118. The summed E-state index contributed by atoms with van der Waals surface area (Å²) in [5.41, 5.74) is 6.90. The van der Waals surface area contributed by atoms with Gasteiger partial charge in [0.25, 0.3) is 11.8 Å². The van der Waals surface area contributed by atoms with Crippen LogP contribution in [0.2, 0.25) is 5.02 Å². The summed E-state index contributed by atoms with van der Waals surface area (Å²) >= 11 is 5.82. The van der Waals surface area contributed by atoms with E-state index < -0.39 is 11.8 Å². The van der Waals surface area contributed by atoms with E-state index >= 15 is 0 Å². The second-order valence-corrected chi connectivity index (χ2v) is 5.48. The molecule has 2 aromatic carbocycles. The quantitative estimate of drug-likeness (QED) is 0.839. The number of ether oxygens (including phenoxy) is 2. The first kappa shape index (κ1) is 17.6. The SMILES string of the molecule is COc1ccc(C)cc1NC(=O)COc1ccc(Cl)cc1C(N)=O. The molecule has 0 aliphatic rings. The van der Waals surface area contributed by atoms with E-state index in [9.17, 15) is 9.59 Å². The van der Waals surface area contributed by atoms with Crippen LogP contribution in [0.1, 0.15) is 15.9 Å². The van der Waals surface area contributed by atoms with Gasteiger partial charge >= 0.3 is 0 Å². The fourth-order valence-corrected chi connectivity index (χ4v) is 2.24. The van der Waals surface area contributed by atoms with Crippen molar-refractivity contribution in [2.75, 3.05) is 19.0 Å². The van der Waals surface area contributed by atoms with Crippen molar-refractivity contribution < 1.29 is 19.1 Å². The third-order valence-corrected chi connectivity index (χ3v) is 3.43. The third-order valence-electron chi connectivity index (χ3n) is 3.19. The molecule has 2 amide bonds. The molecule has 0 radical (unpaired) electrons. The molecule has 0 heterocycles. The molecule has 0 aromatic heterocycles. The molecular formula is C17H17ClN2O4. The monoisotopic (exact) mass is 348 g/mol. The van der Waals surface area contributed by atoms with E-state index in [1.807, 2.05) is 13.0 Å². The lowest BCUT2D eigenvalue weighted by Crippen LogP contribution is -2.22. The first-order chi connectivity index (χ1) is 11.4. The summed E-state index contributed by atoms with van der Waals surface area (Å²) in [6, 6.07) is 9.84. The third kappa shape index (κ3) is 4.39. The fraction of sp³-hybridized carbons (Fsp3) is 0.176. The number of anilines is 1. The standard InChI is InChI=1S/C17H17ClN2O4/c1-10-3-5-15(23-2)13(7-10)20-16(21)9-24-14-6-4-11(18)8-12(14)17(19)22/h3-8H,9H2,1-2H3,(H2,19,22)(H,20,21). The van der Waals surface area contributed by atoms with Crippen LogP contribution in [-0.4, -0.2) is 25.5 Å². The van der Waals surface area contributed by atoms with Crippen molar-refractivity contribution in [3.63, 3.8) is 0 Å². The van der Waals surface area contributed by atoms with Crippen molar-refractivity contribution in [3.05, 3.63) is 52.5 Å². The summed E-state index contributed by atoms with van der Waals surface area (Å²) in [5.74, 6) is -0.353. The first-order valence-corrected chi connectivity index (χ1v) is 7.45. The van der Waals surface area contributed by atoms with Gasteiger partial charge < -0.3 is 20.5 Å². The Labute approximate surface area is 144 Å². The second kappa shape index (κ2) is 7.70. The van der Waals surface area contributed by atoms with Gasteiger partial charge in [-0.2, -0.15) is 0 Å². The van der Waals surface area contributed by atoms with E-state index in [1.54, 1.807) is 18.2 Å². The molecule has 0 aliphatic heterocycles. The highest BCUT2D eigenvalue weighted by atomic mass is 35.5. The molecule has 0 unspecified atom stereocenters. The van der Waals surface area contributed by atoms with Crippen LogP contribution < -0.4 is 20.5 Å². The maximum atomic E-state index is 12.1. The Balaban J connectivity index is 2.07. The van der Waals surface area contributed by atoms with E-state index in [4.69, 9.17) is 26.8 Å². The average molecular weight is 349 g/mol. The minimum atomic E-state index is -0.687. The zero-order valence-electron chi connectivity index (χ0n) is 13.3. The van der Waals surface area contributed by atoms with Gasteiger partial charge in [0.15, 0.2) is 6.61 Å². The number of rotatable bonds is 6. The molecule has 2 rings (SSSR count). The molecule has 126 valence electrons. The van der Waals surface area contributed by atoms with Gasteiger partial charge in [0, 0.05) is 5.02 Å². The summed E-state index contributed by atoms with van der Waals surface area (Å²) in [4.78, 5) is 23.5. The van der Waals surface area contributed by atoms with Crippen LogP contribution >= 0.6 is 11.6 Å². The number of primary amides is 1. The molecule has 24 heavy (non-hydrogen) atoms. The van der Waals surface area contributed by atoms with Gasteiger partial charge in [0.1, 0.15) is 11.5 Å². The lowest BCUT2D eigenvalue weighted by Gasteiger charge is -2.12. The molecule has 2 aromatic rings. The van der Waals surface area contributed by atoms with E-state index in [1.165, 1.54) is 19.2 Å². The first-order valence-electron chi connectivity index (χ1n) is 7.07. The Bertz CT molecular complexity index is 777. The van der Waals surface area contributed by atoms with Gasteiger partial charge in [-0.1, -0.05) is 17.7 Å². The van der Waals surface area contributed by atoms with Gasteiger partial charge in [-0.05, 0) is 42.8 Å². The number of hydrogen-bond donors (Lipinski definition) is 2. The fourth-order valence-electron chi connectivity index (χ4n) is 2.07. The molecule has 0 aliphatic carbocycles. The summed E-state index contributed by atoms with van der Waals surface area (Å²) in [5, 5.41) is 3.05. The predicted octanol–water partition coefficient (Wildman–Crippen LogP) is 2.77. The number of halogens is 1. The highest BCUT2D eigenvalue weighted by Gasteiger charge is 2.13. The number of aryl methyl sites for hydroxylation is 1. The van der Waals surface area contributed by atoms with Crippen molar-refractivity contribution in [1.82, 2.24) is 0 Å². The number of carbonyl (C=O) groups is 2. The van der Waals surface area contributed by atoms with Crippen LogP contribution in [0, 0.1) is 6.92 Å². The number of nitrogens with one attached hydrogen (secondary N) is 1. The Morgan fingerprint density at radius 2 is 1.88 bits per heavy atom. The highest BCUT2D eigenvalue weighted by Crippen LogP contribution is 2.25. The zero-order valence-corrected chi connectivity index (χ0v) is 14.0. The molecule has 0 saturated heterocycles. The maximum Gasteiger partial charge on any atom is 0.262 e. The topological polar surface area (TPSA) is 90.7 Å². The summed E-state index contributed by atoms with van der Waals surface area (Å²) < 4.78 is 10.6. The van der Waals surface area contributed by atoms with Gasteiger partial charge in [-0.3, -0.25) is 9.59 Å². The van der Waals surface area contributed by atoms with Crippen molar-refractivity contribution in [2.24, 2.45) is 5.73 Å². The largest absolute Gasteiger partial charge is 0.495 e. The number of benzene rings is 2. The number of nitrogens with two attached hydrogens (primary N) is 1. The second-order valence-electron chi connectivity index (χ2n) is 5.05. The minimum Gasteiger partial charge on any atom is -0.495 e. The highest BCUT2D eigenvalue weighted by molar-refractivity contribution is 6.31. The van der Waals surface area contributed by atoms with Crippen LogP contribution in [0.3, 0.4) is 0 Å². The van der Waals surface area contributed by atoms with E-state index in [0.717, 1.165) is 5.56 Å². The van der Waals surface area contributed by atoms with E-state index in [2.05, 4.69) is 5.32 Å². The maximum absolute atomic E-state index is 12.1. The van der Waals surface area contributed by atoms with Crippen LogP contribution in [-0.2, 0) is 4.79 Å². The van der Waals surface area contributed by atoms with E-state index in [-0.39, 0.29) is 17.9 Å². The van der Waals surface area contributed by atoms with Gasteiger partial charge in [-0.15, -0.1) is 0 Å². The molecule has 3 N–H and O–H groups in total. The van der Waals surface area contributed by atoms with Gasteiger partial charge in [0.2, 0.25) is 0 Å². The summed E-state index contributed by atoms with van der Waals surface area (Å²) in [7, 11) is 1.52. The predicted molar refractivity (Wildman–Crippen MR) is 91.8 cm³/mol. The van der Waals surface area contributed by atoms with Crippen molar-refractivity contribution in [1.29, 1.82) is 0 Å². The normalized spacial score (nSPS) is 10.1. The molecule has 0 atom stereocenters. The number of carbonyl (C=O) groups excluding carboxylic acids is 2. The van der Waals surface area contributed by atoms with E-state index in [0.29, 0.717) is 16.5 Å². The molecule has 6 nitrogen and oxygen atoms in total. The zero-order chi connectivity index (χ0) is 17.7. The Morgan fingerprint density at radius 3 is 2.54 bits per heavy atom. The van der Waals surface area contributed by atoms with Gasteiger partial charge in [-0.25, -0.2) is 0 Å². The molecular weight excluding hydrogens is 332 g/mol. The van der Waals surface area contributed by atoms with Crippen LogP contribution in [0.15, 0.2) is 36.4 Å². The summed E-state index contributed by atoms with van der Waals surface area (Å²) in [6.07, 6.45) is 0. The Kier molecular flexibility index (Phi) is 5.65. The number of methoxy groups -OCH3 is 1. The Hall–Kier alpha value is -2.73. The van der Waals surface area contributed by atoms with Crippen molar-refractivity contribution in [2.45, 2.75) is 6.92 Å². The molecule has 0 spiro atoms. The number of amides is 2. The summed E-state index contributed by atoms with van der Waals surface area (Å²) in [6.45, 7) is 1.61. The smallest absolute Gasteiger partial charge is 0.262 e. The van der Waals surface area contributed by atoms with Crippen LogP contribution in [0.25, 0.3) is 0 Å².